The van der Waals surface area contributed by atoms with Gasteiger partial charge in [0.1, 0.15) is 34.3 Å². The standard InChI is InChI=1S/C21H14F3N5O3S/c1-25-19(30)16-9-12(4-5-26-16)32-11-2-3-15(13(23)8-11)27-20(31)29-21-28-18-14(24)6-10(22)7-17(18)33-21/h2-9H,1H3,(H,25,30)(H2,27,28,29,31). The van der Waals surface area contributed by atoms with Crippen molar-refractivity contribution in [3.63, 3.8) is 0 Å². The van der Waals surface area contributed by atoms with E-state index < -0.39 is 29.4 Å². The number of hydrogen-bond donors (Lipinski definition) is 3. The minimum absolute atomic E-state index is 0.0111. The molecule has 3 amide bonds. The molecule has 3 N–H and O–H groups in total. The Balaban J connectivity index is 1.44. The Labute approximate surface area is 188 Å². The molecule has 0 unspecified atom stereocenters. The van der Waals surface area contributed by atoms with Crippen molar-refractivity contribution in [1.82, 2.24) is 15.3 Å². The summed E-state index contributed by atoms with van der Waals surface area (Å²) in [6.07, 6.45) is 1.37. The largest absolute Gasteiger partial charge is 0.457 e. The lowest BCUT2D eigenvalue weighted by atomic mass is 10.2. The van der Waals surface area contributed by atoms with Crippen molar-refractivity contribution in [3.8, 4) is 11.5 Å². The average molecular weight is 473 g/mol. The summed E-state index contributed by atoms with van der Waals surface area (Å²) in [6, 6.07) is 7.58. The van der Waals surface area contributed by atoms with Gasteiger partial charge in [-0.15, -0.1) is 0 Å². The van der Waals surface area contributed by atoms with Gasteiger partial charge >= 0.3 is 6.03 Å². The van der Waals surface area contributed by atoms with E-state index in [-0.39, 0.29) is 38.2 Å². The Morgan fingerprint density at radius 1 is 0.970 bits per heavy atom. The van der Waals surface area contributed by atoms with Crippen molar-refractivity contribution in [2.75, 3.05) is 17.7 Å². The minimum atomic E-state index is -0.854. The van der Waals surface area contributed by atoms with Crippen LogP contribution in [-0.4, -0.2) is 29.0 Å². The maximum atomic E-state index is 14.5. The lowest BCUT2D eigenvalue weighted by molar-refractivity contribution is 0.0957. The number of aromatic nitrogens is 2. The Kier molecular flexibility index (Phi) is 6.09. The average Bonchev–Trinajstić information content (AvgIpc) is 3.17. The van der Waals surface area contributed by atoms with E-state index in [0.717, 1.165) is 23.5 Å². The molecule has 2 aromatic heterocycles. The number of amides is 3. The van der Waals surface area contributed by atoms with Gasteiger partial charge in [-0.3, -0.25) is 15.1 Å². The van der Waals surface area contributed by atoms with Crippen LogP contribution in [0.1, 0.15) is 10.5 Å². The van der Waals surface area contributed by atoms with Gasteiger partial charge in [0.05, 0.1) is 10.4 Å². The molecule has 0 bridgehead atoms. The molecule has 0 aliphatic heterocycles. The van der Waals surface area contributed by atoms with Crippen molar-refractivity contribution in [2.24, 2.45) is 0 Å². The number of pyridine rings is 1. The normalized spacial score (nSPS) is 10.7. The van der Waals surface area contributed by atoms with Crippen LogP contribution in [0.15, 0.2) is 48.7 Å². The Morgan fingerprint density at radius 2 is 1.76 bits per heavy atom. The van der Waals surface area contributed by atoms with Gasteiger partial charge in [-0.2, -0.15) is 0 Å². The first-order chi connectivity index (χ1) is 15.8. The van der Waals surface area contributed by atoms with Crippen LogP contribution in [0.5, 0.6) is 11.5 Å². The molecule has 4 rings (SSSR count). The molecule has 2 aromatic carbocycles. The fourth-order valence-electron chi connectivity index (χ4n) is 2.79. The summed E-state index contributed by atoms with van der Waals surface area (Å²) in [5.41, 5.74) is -0.109. The van der Waals surface area contributed by atoms with Gasteiger partial charge in [0.25, 0.3) is 5.91 Å². The topological polar surface area (TPSA) is 105 Å². The molecule has 0 fully saturated rings. The zero-order valence-electron chi connectivity index (χ0n) is 16.8. The highest BCUT2D eigenvalue weighted by atomic mass is 32.1. The molecule has 0 aliphatic rings. The second-order valence-electron chi connectivity index (χ2n) is 6.53. The summed E-state index contributed by atoms with van der Waals surface area (Å²) in [5.74, 6) is -2.43. The van der Waals surface area contributed by atoms with Crippen molar-refractivity contribution in [3.05, 3.63) is 71.8 Å². The molecule has 2 heterocycles. The van der Waals surface area contributed by atoms with Crippen LogP contribution in [0, 0.1) is 17.5 Å². The van der Waals surface area contributed by atoms with Crippen molar-refractivity contribution >= 4 is 44.3 Å². The van der Waals surface area contributed by atoms with E-state index in [1.807, 2.05) is 0 Å². The number of carbonyl (C=O) groups is 2. The number of nitrogens with zero attached hydrogens (tertiary/aromatic N) is 2. The Hall–Kier alpha value is -4.19. The number of rotatable bonds is 5. The van der Waals surface area contributed by atoms with Crippen molar-refractivity contribution in [1.29, 1.82) is 0 Å². The minimum Gasteiger partial charge on any atom is -0.457 e. The smallest absolute Gasteiger partial charge is 0.325 e. The van der Waals surface area contributed by atoms with Gasteiger partial charge in [-0.1, -0.05) is 11.3 Å². The second-order valence-corrected chi connectivity index (χ2v) is 7.56. The summed E-state index contributed by atoms with van der Waals surface area (Å²) < 4.78 is 47.3. The molecule has 33 heavy (non-hydrogen) atoms. The number of urea groups is 1. The van der Waals surface area contributed by atoms with Crippen LogP contribution in [0.2, 0.25) is 0 Å². The molecule has 0 saturated heterocycles. The zero-order chi connectivity index (χ0) is 23.5. The van der Waals surface area contributed by atoms with Gasteiger partial charge < -0.3 is 15.4 Å². The number of benzene rings is 2. The first-order valence-corrected chi connectivity index (χ1v) is 10.1. The fourth-order valence-corrected chi connectivity index (χ4v) is 3.69. The first-order valence-electron chi connectivity index (χ1n) is 9.31. The molecular formula is C21H14F3N5O3S. The van der Waals surface area contributed by atoms with E-state index in [9.17, 15) is 22.8 Å². The molecule has 0 radical (unpaired) electrons. The molecule has 8 nitrogen and oxygen atoms in total. The van der Waals surface area contributed by atoms with Gasteiger partial charge in [0.2, 0.25) is 0 Å². The van der Waals surface area contributed by atoms with Crippen LogP contribution in [0.25, 0.3) is 10.2 Å². The lowest BCUT2D eigenvalue weighted by Gasteiger charge is -2.10. The van der Waals surface area contributed by atoms with E-state index in [4.69, 9.17) is 4.74 Å². The van der Waals surface area contributed by atoms with Crippen LogP contribution >= 0.6 is 11.3 Å². The second kappa shape index (κ2) is 9.12. The highest BCUT2D eigenvalue weighted by Crippen LogP contribution is 2.29. The number of thiazole rings is 1. The zero-order valence-corrected chi connectivity index (χ0v) is 17.6. The summed E-state index contributed by atoms with van der Waals surface area (Å²) in [7, 11) is 1.46. The van der Waals surface area contributed by atoms with Gasteiger partial charge in [-0.05, 0) is 24.3 Å². The summed E-state index contributed by atoms with van der Waals surface area (Å²) in [6.45, 7) is 0. The summed E-state index contributed by atoms with van der Waals surface area (Å²) in [5, 5.41) is 7.11. The first kappa shape index (κ1) is 22.0. The number of fused-ring (bicyclic) bond motifs is 1. The highest BCUT2D eigenvalue weighted by Gasteiger charge is 2.14. The van der Waals surface area contributed by atoms with Crippen LogP contribution in [0.4, 0.5) is 28.8 Å². The highest BCUT2D eigenvalue weighted by molar-refractivity contribution is 7.22. The van der Waals surface area contributed by atoms with E-state index in [0.29, 0.717) is 6.07 Å². The van der Waals surface area contributed by atoms with E-state index in [1.54, 1.807) is 0 Å². The third-order valence-corrected chi connectivity index (χ3v) is 5.17. The van der Waals surface area contributed by atoms with E-state index in [2.05, 4.69) is 25.9 Å². The van der Waals surface area contributed by atoms with Gasteiger partial charge in [0.15, 0.2) is 10.9 Å². The maximum absolute atomic E-state index is 14.5. The molecule has 0 saturated carbocycles. The van der Waals surface area contributed by atoms with Gasteiger partial charge in [-0.25, -0.2) is 22.9 Å². The molecule has 168 valence electrons. The Bertz CT molecular complexity index is 1380. The molecule has 0 atom stereocenters. The van der Waals surface area contributed by atoms with E-state index in [1.165, 1.54) is 37.5 Å². The van der Waals surface area contributed by atoms with Crippen LogP contribution in [0.3, 0.4) is 0 Å². The predicted molar refractivity (Wildman–Crippen MR) is 116 cm³/mol. The number of carbonyl (C=O) groups excluding carboxylic acids is 2. The van der Waals surface area contributed by atoms with Crippen LogP contribution in [-0.2, 0) is 0 Å². The Morgan fingerprint density at radius 3 is 2.52 bits per heavy atom. The number of halogens is 3. The quantitative estimate of drug-likeness (QED) is 0.382. The van der Waals surface area contributed by atoms with Crippen molar-refractivity contribution < 1.29 is 27.5 Å². The molecular weight excluding hydrogens is 459 g/mol. The SMILES string of the molecule is CNC(=O)c1cc(Oc2ccc(NC(=O)Nc3nc4c(F)cc(F)cc4s3)c(F)c2)ccn1. The number of ether oxygens (including phenoxy) is 1. The molecule has 4 aromatic rings. The third kappa shape index (κ3) is 5.01. The fraction of sp³-hybridized carbons (Fsp3) is 0.0476. The summed E-state index contributed by atoms with van der Waals surface area (Å²) >= 11 is 0.867. The number of anilines is 2. The predicted octanol–water partition coefficient (Wildman–Crippen LogP) is 4.90. The monoisotopic (exact) mass is 473 g/mol. The molecule has 0 aliphatic carbocycles. The van der Waals surface area contributed by atoms with Crippen LogP contribution < -0.4 is 20.7 Å². The summed E-state index contributed by atoms with van der Waals surface area (Å²) in [4.78, 5) is 31.7. The van der Waals surface area contributed by atoms with Gasteiger partial charge in [0, 0.05) is 31.4 Å². The molecule has 12 heteroatoms. The lowest BCUT2D eigenvalue weighted by Crippen LogP contribution is -2.20. The number of hydrogen-bond acceptors (Lipinski definition) is 6. The maximum Gasteiger partial charge on any atom is 0.325 e. The van der Waals surface area contributed by atoms with Crippen molar-refractivity contribution in [2.45, 2.75) is 0 Å². The number of nitrogens with one attached hydrogen (secondary N) is 3. The third-order valence-electron chi connectivity index (χ3n) is 4.25. The molecule has 0 spiro atoms. The van der Waals surface area contributed by atoms with E-state index >= 15 is 0 Å².